The van der Waals surface area contributed by atoms with Crippen LogP contribution in [-0.4, -0.2) is 95.1 Å². The Hall–Kier alpha value is -3.76. The van der Waals surface area contributed by atoms with Gasteiger partial charge in [-0.15, -0.1) is 0 Å². The summed E-state index contributed by atoms with van der Waals surface area (Å²) in [6.07, 6.45) is 0. The number of ether oxygens (including phenoxy) is 16. The summed E-state index contributed by atoms with van der Waals surface area (Å²) in [5, 5.41) is 0. The Balaban J connectivity index is 0.000000310. The largest absolute Gasteiger partial charge is 0.351 e. The zero-order chi connectivity index (χ0) is 40.5. The van der Waals surface area contributed by atoms with Crippen molar-refractivity contribution in [2.75, 3.05) is 95.1 Å². The molecule has 0 aliphatic rings. The molecular formula is C42H56O16. The Bertz CT molecular complexity index is 1190. The van der Waals surface area contributed by atoms with Crippen molar-refractivity contribution < 1.29 is 75.8 Å². The summed E-state index contributed by atoms with van der Waals surface area (Å²) in [7, 11) is 0. The van der Waals surface area contributed by atoms with Crippen molar-refractivity contribution in [3.05, 3.63) is 144 Å². The standard InChI is InChI=1S/2C21H28O8/c2*1-3-7-20(8-4-1)11-22-13-24-15-26-17-28-19-29-18-27-16-25-14-23-12-21-9-5-2-6-10-21/h2*1-10H,11-19H2. The van der Waals surface area contributed by atoms with Crippen LogP contribution in [0.5, 0.6) is 0 Å². The lowest BCUT2D eigenvalue weighted by Crippen LogP contribution is -2.11. The molecule has 0 aliphatic carbocycles. The van der Waals surface area contributed by atoms with Crippen molar-refractivity contribution in [3.8, 4) is 0 Å². The first-order chi connectivity index (χ1) is 28.9. The molecule has 0 N–H and O–H groups in total. The molecule has 0 bridgehead atoms. The quantitative estimate of drug-likeness (QED) is 0.0366. The lowest BCUT2D eigenvalue weighted by molar-refractivity contribution is -0.222. The van der Waals surface area contributed by atoms with Gasteiger partial charge in [-0.05, 0) is 22.3 Å². The van der Waals surface area contributed by atoms with Crippen molar-refractivity contribution in [3.63, 3.8) is 0 Å². The lowest BCUT2D eigenvalue weighted by Gasteiger charge is -2.09. The SMILES string of the molecule is c1ccc(COCOCOCOCOCOCOCOCc2ccccc2)cc1.c1ccc(COCOCOCOCOCOCOCOCc2ccccc2)cc1. The van der Waals surface area contributed by atoms with Gasteiger partial charge in [-0.1, -0.05) is 121 Å². The highest BCUT2D eigenvalue weighted by Gasteiger charge is 1.97. The van der Waals surface area contributed by atoms with Crippen molar-refractivity contribution >= 4 is 0 Å². The number of rotatable bonds is 36. The van der Waals surface area contributed by atoms with Crippen LogP contribution >= 0.6 is 0 Å². The lowest BCUT2D eigenvalue weighted by atomic mass is 10.2. The van der Waals surface area contributed by atoms with E-state index in [-0.39, 0.29) is 95.1 Å². The van der Waals surface area contributed by atoms with Crippen LogP contribution in [0.3, 0.4) is 0 Å². The molecule has 0 atom stereocenters. The fourth-order valence-electron chi connectivity index (χ4n) is 4.17. The first-order valence-electron chi connectivity index (χ1n) is 18.3. The molecule has 4 aromatic rings. The summed E-state index contributed by atoms with van der Waals surface area (Å²) in [4.78, 5) is 0. The van der Waals surface area contributed by atoms with Gasteiger partial charge in [0.2, 0.25) is 0 Å². The van der Waals surface area contributed by atoms with E-state index in [0.717, 1.165) is 22.3 Å². The van der Waals surface area contributed by atoms with E-state index >= 15 is 0 Å². The molecule has 0 fully saturated rings. The van der Waals surface area contributed by atoms with E-state index in [0.29, 0.717) is 26.4 Å². The summed E-state index contributed by atoms with van der Waals surface area (Å²) in [6, 6.07) is 39.4. The van der Waals surface area contributed by atoms with Gasteiger partial charge in [0.05, 0.1) is 26.4 Å². The number of hydrogen-bond acceptors (Lipinski definition) is 16. The summed E-state index contributed by atoms with van der Waals surface area (Å²) >= 11 is 0. The molecule has 0 spiro atoms. The molecule has 58 heavy (non-hydrogen) atoms. The minimum absolute atomic E-state index is 0.0367. The average Bonchev–Trinajstić information content (AvgIpc) is 3.27. The monoisotopic (exact) mass is 816 g/mol. The second-order valence-electron chi connectivity index (χ2n) is 11.4. The molecule has 0 aromatic heterocycles. The fraction of sp³-hybridized carbons (Fsp3) is 0.429. The number of benzene rings is 4. The first-order valence-corrected chi connectivity index (χ1v) is 18.3. The van der Waals surface area contributed by atoms with Crippen LogP contribution < -0.4 is 0 Å². The normalized spacial score (nSPS) is 11.0. The minimum atomic E-state index is 0.0367. The highest BCUT2D eigenvalue weighted by molar-refractivity contribution is 5.15. The van der Waals surface area contributed by atoms with E-state index in [1.807, 2.05) is 121 Å². The first kappa shape index (κ1) is 48.6. The molecule has 0 saturated heterocycles. The predicted octanol–water partition coefficient (Wildman–Crippen LogP) is 6.44. The molecule has 4 aromatic carbocycles. The molecule has 0 radical (unpaired) electrons. The van der Waals surface area contributed by atoms with E-state index in [4.69, 9.17) is 75.8 Å². The summed E-state index contributed by atoms with van der Waals surface area (Å²) in [5.74, 6) is 0. The highest BCUT2D eigenvalue weighted by Crippen LogP contribution is 2.03. The Morgan fingerprint density at radius 1 is 0.172 bits per heavy atom. The molecule has 0 saturated carbocycles. The molecule has 0 aliphatic heterocycles. The Morgan fingerprint density at radius 3 is 0.466 bits per heavy atom. The molecule has 16 nitrogen and oxygen atoms in total. The van der Waals surface area contributed by atoms with Gasteiger partial charge in [0.25, 0.3) is 0 Å². The van der Waals surface area contributed by atoms with Crippen LogP contribution in [0.2, 0.25) is 0 Å². The van der Waals surface area contributed by atoms with Gasteiger partial charge in [0, 0.05) is 0 Å². The second-order valence-corrected chi connectivity index (χ2v) is 11.4. The van der Waals surface area contributed by atoms with E-state index in [9.17, 15) is 0 Å². The van der Waals surface area contributed by atoms with E-state index in [2.05, 4.69) is 0 Å². The zero-order valence-corrected chi connectivity index (χ0v) is 32.8. The predicted molar refractivity (Wildman–Crippen MR) is 206 cm³/mol. The highest BCUT2D eigenvalue weighted by atomic mass is 16.8. The third kappa shape index (κ3) is 29.5. The van der Waals surface area contributed by atoms with Gasteiger partial charge >= 0.3 is 0 Å². The second kappa shape index (κ2) is 37.5. The Kier molecular flexibility index (Phi) is 31.4. The maximum absolute atomic E-state index is 5.34. The van der Waals surface area contributed by atoms with Gasteiger partial charge in [0.1, 0.15) is 27.2 Å². The van der Waals surface area contributed by atoms with Crippen molar-refractivity contribution in [2.45, 2.75) is 26.4 Å². The summed E-state index contributed by atoms with van der Waals surface area (Å²) < 4.78 is 82.8. The van der Waals surface area contributed by atoms with Crippen LogP contribution in [0.1, 0.15) is 22.3 Å². The zero-order valence-electron chi connectivity index (χ0n) is 32.8. The molecule has 4 rings (SSSR count). The van der Waals surface area contributed by atoms with Gasteiger partial charge in [0.15, 0.2) is 67.9 Å². The van der Waals surface area contributed by atoms with Crippen molar-refractivity contribution in [1.82, 2.24) is 0 Å². The van der Waals surface area contributed by atoms with E-state index in [1.165, 1.54) is 0 Å². The molecule has 0 amide bonds. The maximum atomic E-state index is 5.34. The van der Waals surface area contributed by atoms with Gasteiger partial charge in [-0.25, -0.2) is 0 Å². The Morgan fingerprint density at radius 2 is 0.310 bits per heavy atom. The topological polar surface area (TPSA) is 148 Å². The smallest absolute Gasteiger partial charge is 0.152 e. The van der Waals surface area contributed by atoms with Crippen molar-refractivity contribution in [2.24, 2.45) is 0 Å². The molecular weight excluding hydrogens is 760 g/mol. The molecule has 320 valence electrons. The van der Waals surface area contributed by atoms with Crippen LogP contribution in [0, 0.1) is 0 Å². The fourth-order valence-corrected chi connectivity index (χ4v) is 4.17. The molecule has 0 heterocycles. The Labute approximate surface area is 340 Å². The van der Waals surface area contributed by atoms with Crippen molar-refractivity contribution in [1.29, 1.82) is 0 Å². The van der Waals surface area contributed by atoms with Crippen LogP contribution in [0.4, 0.5) is 0 Å². The van der Waals surface area contributed by atoms with Gasteiger partial charge in [-0.2, -0.15) is 0 Å². The van der Waals surface area contributed by atoms with Crippen LogP contribution in [0.15, 0.2) is 121 Å². The van der Waals surface area contributed by atoms with Crippen LogP contribution in [0.25, 0.3) is 0 Å². The number of hydrogen-bond donors (Lipinski definition) is 0. The van der Waals surface area contributed by atoms with Crippen LogP contribution in [-0.2, 0) is 102 Å². The average molecular weight is 817 g/mol. The third-order valence-electron chi connectivity index (χ3n) is 6.78. The minimum Gasteiger partial charge on any atom is -0.351 e. The van der Waals surface area contributed by atoms with Gasteiger partial charge in [-0.3, -0.25) is 0 Å². The summed E-state index contributed by atoms with van der Waals surface area (Å²) in [6.45, 7) is 3.10. The maximum Gasteiger partial charge on any atom is 0.152 e. The summed E-state index contributed by atoms with van der Waals surface area (Å²) in [5.41, 5.74) is 4.35. The molecule has 16 heteroatoms. The third-order valence-corrected chi connectivity index (χ3v) is 6.78. The molecule has 0 unspecified atom stereocenters. The van der Waals surface area contributed by atoms with Gasteiger partial charge < -0.3 is 75.8 Å². The van der Waals surface area contributed by atoms with E-state index in [1.54, 1.807) is 0 Å². The van der Waals surface area contributed by atoms with E-state index < -0.39 is 0 Å².